The second-order valence-corrected chi connectivity index (χ2v) is 9.25. The van der Waals surface area contributed by atoms with Crippen molar-refractivity contribution in [3.05, 3.63) is 132 Å². The molecule has 0 N–H and O–H groups in total. The molecule has 0 aliphatic carbocycles. The van der Waals surface area contributed by atoms with E-state index in [1.165, 1.54) is 11.1 Å². The predicted molar refractivity (Wildman–Crippen MR) is 158 cm³/mol. The predicted octanol–water partition coefficient (Wildman–Crippen LogP) is 9.26. The van der Waals surface area contributed by atoms with Gasteiger partial charge >= 0.3 is 0 Å². The monoisotopic (exact) mass is 500 g/mol. The van der Waals surface area contributed by atoms with Crippen LogP contribution in [0.3, 0.4) is 0 Å². The molecule has 0 amide bonds. The number of rotatable bonds is 8. The van der Waals surface area contributed by atoms with Crippen molar-refractivity contribution in [2.45, 2.75) is 13.8 Å². The molecule has 0 aliphatic rings. The summed E-state index contributed by atoms with van der Waals surface area (Å²) in [5, 5.41) is 0. The Hall–Kier alpha value is -4.70. The van der Waals surface area contributed by atoms with E-state index in [4.69, 9.17) is 9.47 Å². The fourth-order valence-corrected chi connectivity index (χ4v) is 4.50. The molecule has 0 radical (unpaired) electrons. The Kier molecular flexibility index (Phi) is 7.32. The van der Waals surface area contributed by atoms with Gasteiger partial charge in [-0.1, -0.05) is 35.4 Å². The van der Waals surface area contributed by atoms with Crippen LogP contribution in [0.2, 0.25) is 0 Å². The van der Waals surface area contributed by atoms with E-state index in [0.29, 0.717) is 0 Å². The minimum atomic E-state index is 0.825. The van der Waals surface area contributed by atoms with Gasteiger partial charge in [-0.25, -0.2) is 0 Å². The lowest BCUT2D eigenvalue weighted by Crippen LogP contribution is -2.12. The summed E-state index contributed by atoms with van der Waals surface area (Å²) in [5.41, 5.74) is 8.94. The SMILES string of the molecule is COc1ccc(N(c2ccc(OC)cc2)c2ccc(N(c3ccc(C)cc3)c3ccc(C)cc3)cc2)cc1. The van der Waals surface area contributed by atoms with E-state index in [1.54, 1.807) is 14.2 Å². The maximum atomic E-state index is 5.39. The molecule has 5 rings (SSSR count). The Labute approximate surface area is 225 Å². The summed E-state index contributed by atoms with van der Waals surface area (Å²) in [6.45, 7) is 4.23. The summed E-state index contributed by atoms with van der Waals surface area (Å²) in [6, 6.07) is 42.2. The van der Waals surface area contributed by atoms with Gasteiger partial charge in [-0.15, -0.1) is 0 Å². The lowest BCUT2D eigenvalue weighted by Gasteiger charge is -2.28. The number of aryl methyl sites for hydroxylation is 2. The first-order valence-electron chi connectivity index (χ1n) is 12.7. The first kappa shape index (κ1) is 25.0. The number of nitrogens with zero attached hydrogens (tertiary/aromatic N) is 2. The molecule has 5 aromatic rings. The fraction of sp³-hybridized carbons (Fsp3) is 0.118. The number of benzene rings is 5. The van der Waals surface area contributed by atoms with Gasteiger partial charge in [-0.05, 0) is 111 Å². The maximum Gasteiger partial charge on any atom is 0.119 e. The molecule has 0 unspecified atom stereocenters. The summed E-state index contributed by atoms with van der Waals surface area (Å²) in [6.07, 6.45) is 0. The highest BCUT2D eigenvalue weighted by Crippen LogP contribution is 2.39. The van der Waals surface area contributed by atoms with E-state index >= 15 is 0 Å². The van der Waals surface area contributed by atoms with Crippen LogP contribution in [0.25, 0.3) is 0 Å². The molecule has 0 saturated heterocycles. The molecule has 0 heterocycles. The highest BCUT2D eigenvalue weighted by molar-refractivity contribution is 5.81. The Morgan fingerprint density at radius 2 is 0.553 bits per heavy atom. The number of anilines is 6. The van der Waals surface area contributed by atoms with Crippen LogP contribution in [-0.2, 0) is 0 Å². The van der Waals surface area contributed by atoms with Crippen LogP contribution in [0.5, 0.6) is 11.5 Å². The molecule has 190 valence electrons. The van der Waals surface area contributed by atoms with Gasteiger partial charge in [-0.2, -0.15) is 0 Å². The maximum absolute atomic E-state index is 5.39. The Morgan fingerprint density at radius 1 is 0.342 bits per heavy atom. The van der Waals surface area contributed by atoms with Crippen LogP contribution in [-0.4, -0.2) is 14.2 Å². The summed E-state index contributed by atoms with van der Waals surface area (Å²) in [7, 11) is 3.37. The van der Waals surface area contributed by atoms with Crippen molar-refractivity contribution < 1.29 is 9.47 Å². The van der Waals surface area contributed by atoms with E-state index in [2.05, 4.69) is 121 Å². The lowest BCUT2D eigenvalue weighted by molar-refractivity contribution is 0.415. The van der Waals surface area contributed by atoms with E-state index in [0.717, 1.165) is 45.6 Å². The second-order valence-electron chi connectivity index (χ2n) is 9.25. The zero-order chi connectivity index (χ0) is 26.5. The number of ether oxygens (including phenoxy) is 2. The third-order valence-electron chi connectivity index (χ3n) is 6.61. The minimum Gasteiger partial charge on any atom is -0.497 e. The van der Waals surface area contributed by atoms with Gasteiger partial charge in [0.05, 0.1) is 14.2 Å². The smallest absolute Gasteiger partial charge is 0.119 e. The topological polar surface area (TPSA) is 24.9 Å². The highest BCUT2D eigenvalue weighted by atomic mass is 16.5. The van der Waals surface area contributed by atoms with Gasteiger partial charge < -0.3 is 19.3 Å². The number of methoxy groups -OCH3 is 2. The Bertz CT molecular complexity index is 1370. The van der Waals surface area contributed by atoms with Crippen LogP contribution in [0.15, 0.2) is 121 Å². The van der Waals surface area contributed by atoms with E-state index in [-0.39, 0.29) is 0 Å². The third kappa shape index (κ3) is 5.35. The van der Waals surface area contributed by atoms with E-state index in [9.17, 15) is 0 Å². The highest BCUT2D eigenvalue weighted by Gasteiger charge is 2.16. The Morgan fingerprint density at radius 3 is 0.789 bits per heavy atom. The quantitative estimate of drug-likeness (QED) is 0.212. The van der Waals surface area contributed by atoms with Crippen LogP contribution in [0.4, 0.5) is 34.1 Å². The molecule has 0 spiro atoms. The molecular formula is C34H32N2O2. The molecular weight excluding hydrogens is 468 g/mol. The lowest BCUT2D eigenvalue weighted by atomic mass is 10.1. The van der Waals surface area contributed by atoms with Crippen LogP contribution < -0.4 is 19.3 Å². The van der Waals surface area contributed by atoms with Crippen LogP contribution in [0, 0.1) is 13.8 Å². The van der Waals surface area contributed by atoms with Gasteiger partial charge in [0.2, 0.25) is 0 Å². The molecule has 5 aromatic carbocycles. The molecule has 0 fully saturated rings. The van der Waals surface area contributed by atoms with Gasteiger partial charge in [0.1, 0.15) is 11.5 Å². The van der Waals surface area contributed by atoms with Gasteiger partial charge in [0.15, 0.2) is 0 Å². The molecule has 0 bridgehead atoms. The second kappa shape index (κ2) is 11.1. The van der Waals surface area contributed by atoms with Gasteiger partial charge in [0, 0.05) is 34.1 Å². The zero-order valence-corrected chi connectivity index (χ0v) is 22.3. The van der Waals surface area contributed by atoms with Crippen molar-refractivity contribution in [2.75, 3.05) is 24.0 Å². The van der Waals surface area contributed by atoms with Crippen LogP contribution >= 0.6 is 0 Å². The van der Waals surface area contributed by atoms with Crippen molar-refractivity contribution in [3.63, 3.8) is 0 Å². The number of hydrogen-bond acceptors (Lipinski definition) is 4. The molecule has 4 heteroatoms. The first-order chi connectivity index (χ1) is 18.6. The summed E-state index contributed by atoms with van der Waals surface area (Å²) in [5.74, 6) is 1.65. The molecule has 4 nitrogen and oxygen atoms in total. The molecule has 0 aromatic heterocycles. The summed E-state index contributed by atoms with van der Waals surface area (Å²) < 4.78 is 10.8. The average molecular weight is 501 g/mol. The van der Waals surface area contributed by atoms with Gasteiger partial charge in [0.25, 0.3) is 0 Å². The van der Waals surface area contributed by atoms with Crippen LogP contribution in [0.1, 0.15) is 11.1 Å². The van der Waals surface area contributed by atoms with Crippen molar-refractivity contribution >= 4 is 34.1 Å². The molecule has 38 heavy (non-hydrogen) atoms. The summed E-state index contributed by atoms with van der Waals surface area (Å²) in [4.78, 5) is 4.51. The average Bonchev–Trinajstić information content (AvgIpc) is 2.97. The standard InChI is InChI=1S/C34H32N2O2/c1-25-5-9-27(10-6-25)35(28-11-7-26(2)8-12-28)29-13-15-30(16-14-29)36(31-17-21-33(37-3)22-18-31)32-19-23-34(38-4)24-20-32/h5-24H,1-4H3. The first-order valence-corrected chi connectivity index (χ1v) is 12.7. The van der Waals surface area contributed by atoms with Crippen molar-refractivity contribution in [1.29, 1.82) is 0 Å². The number of hydrogen-bond donors (Lipinski definition) is 0. The van der Waals surface area contributed by atoms with Gasteiger partial charge in [-0.3, -0.25) is 0 Å². The molecule has 0 atom stereocenters. The normalized spacial score (nSPS) is 10.6. The zero-order valence-electron chi connectivity index (χ0n) is 22.3. The summed E-state index contributed by atoms with van der Waals surface area (Å²) >= 11 is 0. The molecule has 0 saturated carbocycles. The third-order valence-corrected chi connectivity index (χ3v) is 6.61. The minimum absolute atomic E-state index is 0.825. The molecule has 0 aliphatic heterocycles. The van der Waals surface area contributed by atoms with Crippen molar-refractivity contribution in [2.24, 2.45) is 0 Å². The Balaban J connectivity index is 1.56. The van der Waals surface area contributed by atoms with Crippen molar-refractivity contribution in [3.8, 4) is 11.5 Å². The largest absolute Gasteiger partial charge is 0.497 e. The fourth-order valence-electron chi connectivity index (χ4n) is 4.50. The van der Waals surface area contributed by atoms with E-state index in [1.807, 2.05) is 24.3 Å². The van der Waals surface area contributed by atoms with E-state index < -0.39 is 0 Å². The van der Waals surface area contributed by atoms with Crippen molar-refractivity contribution in [1.82, 2.24) is 0 Å².